The molecule has 3 nitrogen and oxygen atoms in total. The summed E-state index contributed by atoms with van der Waals surface area (Å²) in [6.45, 7) is 2.64. The van der Waals surface area contributed by atoms with Crippen LogP contribution >= 0.6 is 11.8 Å². The SMILES string of the molecule is CCOc1ccccc1/C(=C/Sc1ccccc1)n1ccnc1. The maximum atomic E-state index is 5.78. The molecule has 0 amide bonds. The average molecular weight is 322 g/mol. The smallest absolute Gasteiger partial charge is 0.128 e. The normalized spacial score (nSPS) is 11.4. The third kappa shape index (κ3) is 3.85. The lowest BCUT2D eigenvalue weighted by Gasteiger charge is -2.14. The molecule has 23 heavy (non-hydrogen) atoms. The van der Waals surface area contributed by atoms with E-state index in [1.807, 2.05) is 54.1 Å². The van der Waals surface area contributed by atoms with Gasteiger partial charge in [0, 0.05) is 28.3 Å². The first kappa shape index (κ1) is 15.4. The third-order valence-corrected chi connectivity index (χ3v) is 4.18. The molecule has 0 saturated heterocycles. The van der Waals surface area contributed by atoms with E-state index in [-0.39, 0.29) is 0 Å². The van der Waals surface area contributed by atoms with Crippen LogP contribution in [0.25, 0.3) is 5.70 Å². The molecule has 0 N–H and O–H groups in total. The second-order valence-corrected chi connectivity index (χ2v) is 5.78. The van der Waals surface area contributed by atoms with Gasteiger partial charge in [0.15, 0.2) is 0 Å². The molecule has 0 aliphatic heterocycles. The highest BCUT2D eigenvalue weighted by Crippen LogP contribution is 2.31. The summed E-state index contributed by atoms with van der Waals surface area (Å²) in [6.07, 6.45) is 5.53. The van der Waals surface area contributed by atoms with Crippen LogP contribution in [-0.2, 0) is 0 Å². The van der Waals surface area contributed by atoms with Crippen LogP contribution in [0.2, 0.25) is 0 Å². The topological polar surface area (TPSA) is 27.1 Å². The predicted octanol–water partition coefficient (Wildman–Crippen LogP) is 4.92. The molecule has 1 heterocycles. The summed E-state index contributed by atoms with van der Waals surface area (Å²) in [6, 6.07) is 18.4. The van der Waals surface area contributed by atoms with Crippen molar-refractivity contribution in [1.82, 2.24) is 9.55 Å². The Morgan fingerprint density at radius 3 is 2.65 bits per heavy atom. The van der Waals surface area contributed by atoms with Crippen molar-refractivity contribution < 1.29 is 4.74 Å². The first-order valence-corrected chi connectivity index (χ1v) is 8.39. The van der Waals surface area contributed by atoms with Crippen molar-refractivity contribution in [3.63, 3.8) is 0 Å². The Morgan fingerprint density at radius 1 is 1.13 bits per heavy atom. The first-order valence-electron chi connectivity index (χ1n) is 7.51. The van der Waals surface area contributed by atoms with Gasteiger partial charge >= 0.3 is 0 Å². The van der Waals surface area contributed by atoms with E-state index in [9.17, 15) is 0 Å². The third-order valence-electron chi connectivity index (χ3n) is 3.30. The molecule has 0 fully saturated rings. The minimum absolute atomic E-state index is 0.639. The Labute approximate surface area is 140 Å². The molecule has 1 aromatic heterocycles. The number of aromatic nitrogens is 2. The van der Waals surface area contributed by atoms with Crippen molar-refractivity contribution in [2.75, 3.05) is 6.61 Å². The van der Waals surface area contributed by atoms with Crippen LogP contribution in [-0.4, -0.2) is 16.2 Å². The van der Waals surface area contributed by atoms with E-state index in [1.165, 1.54) is 4.90 Å². The van der Waals surface area contributed by atoms with Gasteiger partial charge in [-0.1, -0.05) is 42.1 Å². The summed E-state index contributed by atoms with van der Waals surface area (Å²) < 4.78 is 7.79. The van der Waals surface area contributed by atoms with E-state index in [0.717, 1.165) is 17.0 Å². The lowest BCUT2D eigenvalue weighted by molar-refractivity contribution is 0.339. The lowest BCUT2D eigenvalue weighted by Crippen LogP contribution is -2.01. The van der Waals surface area contributed by atoms with Crippen molar-refractivity contribution in [3.05, 3.63) is 84.3 Å². The zero-order chi connectivity index (χ0) is 15.9. The summed E-state index contributed by atoms with van der Waals surface area (Å²) in [5, 5.41) is 2.13. The van der Waals surface area contributed by atoms with Gasteiger partial charge in [-0.2, -0.15) is 0 Å². The lowest BCUT2D eigenvalue weighted by atomic mass is 10.1. The Morgan fingerprint density at radius 2 is 1.91 bits per heavy atom. The Hall–Kier alpha value is -2.46. The van der Waals surface area contributed by atoms with Crippen molar-refractivity contribution in [1.29, 1.82) is 0 Å². The Balaban J connectivity index is 2.00. The van der Waals surface area contributed by atoms with E-state index in [0.29, 0.717) is 6.61 Å². The van der Waals surface area contributed by atoms with E-state index >= 15 is 0 Å². The van der Waals surface area contributed by atoms with Gasteiger partial charge < -0.3 is 9.30 Å². The molecule has 3 aromatic rings. The molecule has 0 aliphatic rings. The van der Waals surface area contributed by atoms with Crippen LogP contribution in [0.1, 0.15) is 12.5 Å². The number of rotatable bonds is 6. The van der Waals surface area contributed by atoms with Crippen molar-refractivity contribution in [2.45, 2.75) is 11.8 Å². The minimum Gasteiger partial charge on any atom is -0.493 e. The van der Waals surface area contributed by atoms with E-state index in [1.54, 1.807) is 24.3 Å². The van der Waals surface area contributed by atoms with E-state index in [2.05, 4.69) is 28.6 Å². The molecule has 0 saturated carbocycles. The molecule has 0 spiro atoms. The zero-order valence-corrected chi connectivity index (χ0v) is 13.7. The first-order chi connectivity index (χ1) is 11.4. The molecule has 0 unspecified atom stereocenters. The van der Waals surface area contributed by atoms with Crippen LogP contribution in [0.5, 0.6) is 5.75 Å². The van der Waals surface area contributed by atoms with Gasteiger partial charge in [0.05, 0.1) is 18.6 Å². The number of nitrogens with zero attached hydrogens (tertiary/aromatic N) is 2. The monoisotopic (exact) mass is 322 g/mol. The van der Waals surface area contributed by atoms with Crippen LogP contribution in [0.3, 0.4) is 0 Å². The minimum atomic E-state index is 0.639. The van der Waals surface area contributed by atoms with Crippen LogP contribution < -0.4 is 4.74 Å². The van der Waals surface area contributed by atoms with Gasteiger partial charge in [-0.25, -0.2) is 4.98 Å². The fourth-order valence-electron chi connectivity index (χ4n) is 2.25. The maximum Gasteiger partial charge on any atom is 0.128 e. The number of thioether (sulfide) groups is 1. The van der Waals surface area contributed by atoms with Gasteiger partial charge in [0.25, 0.3) is 0 Å². The van der Waals surface area contributed by atoms with E-state index in [4.69, 9.17) is 4.74 Å². The summed E-state index contributed by atoms with van der Waals surface area (Å²) in [5.41, 5.74) is 2.09. The highest BCUT2D eigenvalue weighted by atomic mass is 32.2. The molecular weight excluding hydrogens is 304 g/mol. The van der Waals surface area contributed by atoms with Gasteiger partial charge in [-0.15, -0.1) is 0 Å². The van der Waals surface area contributed by atoms with Gasteiger partial charge in [-0.05, 0) is 31.2 Å². The molecule has 2 aromatic carbocycles. The van der Waals surface area contributed by atoms with Gasteiger partial charge in [-0.3, -0.25) is 0 Å². The van der Waals surface area contributed by atoms with Crippen molar-refractivity contribution in [3.8, 4) is 5.75 Å². The maximum absolute atomic E-state index is 5.78. The molecule has 4 heteroatoms. The van der Waals surface area contributed by atoms with Gasteiger partial charge in [0.1, 0.15) is 5.75 Å². The second kappa shape index (κ2) is 7.70. The van der Waals surface area contributed by atoms with Gasteiger partial charge in [0.2, 0.25) is 0 Å². The summed E-state index contributed by atoms with van der Waals surface area (Å²) in [5.74, 6) is 0.878. The van der Waals surface area contributed by atoms with E-state index < -0.39 is 0 Å². The highest BCUT2D eigenvalue weighted by molar-refractivity contribution is 8.02. The molecule has 116 valence electrons. The molecule has 0 atom stereocenters. The number of hydrogen-bond acceptors (Lipinski definition) is 3. The number of benzene rings is 2. The molecule has 0 radical (unpaired) electrons. The fourth-order valence-corrected chi connectivity index (χ4v) is 3.06. The van der Waals surface area contributed by atoms with Crippen LogP contribution in [0.15, 0.2) is 83.6 Å². The molecule has 0 aliphatic carbocycles. The predicted molar refractivity (Wildman–Crippen MR) is 95.5 cm³/mol. The summed E-state index contributed by atoms with van der Waals surface area (Å²) in [7, 11) is 0. The number of imidazole rings is 1. The Bertz CT molecular complexity index is 767. The number of para-hydroxylation sites is 1. The molecule has 3 rings (SSSR count). The number of hydrogen-bond donors (Lipinski definition) is 0. The standard InChI is InChI=1S/C19H18N2OS/c1-2-22-19-11-7-6-10-17(19)18(21-13-12-20-15-21)14-23-16-8-4-3-5-9-16/h3-15H,2H2,1H3/b18-14-. The molecule has 0 bridgehead atoms. The number of ether oxygens (including phenoxy) is 1. The fraction of sp³-hybridized carbons (Fsp3) is 0.105. The van der Waals surface area contributed by atoms with Crippen molar-refractivity contribution in [2.24, 2.45) is 0 Å². The Kier molecular flexibility index (Phi) is 5.17. The zero-order valence-electron chi connectivity index (χ0n) is 12.9. The largest absolute Gasteiger partial charge is 0.493 e. The van der Waals surface area contributed by atoms with Crippen LogP contribution in [0.4, 0.5) is 0 Å². The van der Waals surface area contributed by atoms with Crippen molar-refractivity contribution >= 4 is 17.5 Å². The second-order valence-electron chi connectivity index (χ2n) is 4.83. The summed E-state index contributed by atoms with van der Waals surface area (Å²) >= 11 is 1.68. The average Bonchev–Trinajstić information content (AvgIpc) is 3.12. The molecular formula is C19H18N2OS. The quantitative estimate of drug-likeness (QED) is 0.603. The summed E-state index contributed by atoms with van der Waals surface area (Å²) in [4.78, 5) is 5.36. The van der Waals surface area contributed by atoms with Crippen LogP contribution in [0, 0.1) is 0 Å². The highest BCUT2D eigenvalue weighted by Gasteiger charge is 2.10.